The van der Waals surface area contributed by atoms with Gasteiger partial charge in [-0.2, -0.15) is 4.39 Å². The van der Waals surface area contributed by atoms with E-state index in [9.17, 15) is 9.18 Å². The maximum absolute atomic E-state index is 12.4. The molecule has 1 heterocycles. The first-order valence-corrected chi connectivity index (χ1v) is 4.84. The number of rotatable bonds is 5. The molecule has 1 aromatic heterocycles. The quantitative estimate of drug-likeness (QED) is 0.569. The first-order valence-electron chi connectivity index (χ1n) is 4.84. The molecule has 0 aliphatic heterocycles. The van der Waals surface area contributed by atoms with Crippen molar-refractivity contribution >= 4 is 11.6 Å². The Morgan fingerprint density at radius 1 is 1.47 bits per heavy atom. The van der Waals surface area contributed by atoms with Crippen molar-refractivity contribution in [3.05, 3.63) is 24.3 Å². The Labute approximate surface area is 87.7 Å². The molecule has 15 heavy (non-hydrogen) atoms. The SMILES string of the molecule is NCCCCC(=O)Nc1ccc(F)nc1. The van der Waals surface area contributed by atoms with Gasteiger partial charge < -0.3 is 11.1 Å². The zero-order chi connectivity index (χ0) is 11.1. The molecular weight excluding hydrogens is 197 g/mol. The third kappa shape index (κ3) is 4.51. The highest BCUT2D eigenvalue weighted by atomic mass is 19.1. The molecule has 0 aliphatic rings. The first-order chi connectivity index (χ1) is 7.22. The summed E-state index contributed by atoms with van der Waals surface area (Å²) in [4.78, 5) is 14.7. The first kappa shape index (κ1) is 11.6. The van der Waals surface area contributed by atoms with Gasteiger partial charge >= 0.3 is 0 Å². The van der Waals surface area contributed by atoms with Crippen LogP contribution in [0, 0.1) is 5.95 Å². The van der Waals surface area contributed by atoms with Crippen LogP contribution in [0.5, 0.6) is 0 Å². The summed E-state index contributed by atoms with van der Waals surface area (Å²) in [5, 5.41) is 2.62. The summed E-state index contributed by atoms with van der Waals surface area (Å²) in [7, 11) is 0. The average Bonchev–Trinajstić information content (AvgIpc) is 2.22. The van der Waals surface area contributed by atoms with E-state index in [0.717, 1.165) is 12.8 Å². The van der Waals surface area contributed by atoms with E-state index in [0.29, 0.717) is 18.7 Å². The second kappa shape index (κ2) is 6.08. The molecular formula is C10H14FN3O. The second-order valence-electron chi connectivity index (χ2n) is 3.16. The zero-order valence-electron chi connectivity index (χ0n) is 8.37. The molecule has 0 unspecified atom stereocenters. The van der Waals surface area contributed by atoms with E-state index < -0.39 is 5.95 Å². The van der Waals surface area contributed by atoms with Gasteiger partial charge in [-0.25, -0.2) is 4.98 Å². The van der Waals surface area contributed by atoms with Crippen molar-refractivity contribution in [3.8, 4) is 0 Å². The number of amides is 1. The summed E-state index contributed by atoms with van der Waals surface area (Å²) in [6, 6.07) is 2.68. The molecule has 0 spiro atoms. The van der Waals surface area contributed by atoms with Gasteiger partial charge in [0.15, 0.2) is 0 Å². The lowest BCUT2D eigenvalue weighted by molar-refractivity contribution is -0.116. The predicted octanol–water partition coefficient (Wildman–Crippen LogP) is 1.29. The summed E-state index contributed by atoms with van der Waals surface area (Å²) in [6.45, 7) is 0.589. The van der Waals surface area contributed by atoms with Crippen LogP contribution in [0.2, 0.25) is 0 Å². The number of pyridine rings is 1. The molecule has 3 N–H and O–H groups in total. The molecule has 1 aromatic rings. The highest BCUT2D eigenvalue weighted by Crippen LogP contribution is 2.06. The van der Waals surface area contributed by atoms with E-state index >= 15 is 0 Å². The van der Waals surface area contributed by atoms with Crippen molar-refractivity contribution in [1.29, 1.82) is 0 Å². The van der Waals surface area contributed by atoms with Gasteiger partial charge in [0.05, 0.1) is 11.9 Å². The fourth-order valence-corrected chi connectivity index (χ4v) is 1.10. The fraction of sp³-hybridized carbons (Fsp3) is 0.400. The molecule has 0 radical (unpaired) electrons. The van der Waals surface area contributed by atoms with Crippen molar-refractivity contribution < 1.29 is 9.18 Å². The number of aromatic nitrogens is 1. The van der Waals surface area contributed by atoms with Crippen LogP contribution in [0.3, 0.4) is 0 Å². The van der Waals surface area contributed by atoms with E-state index in [1.807, 2.05) is 0 Å². The van der Waals surface area contributed by atoms with Gasteiger partial charge in [-0.3, -0.25) is 4.79 Å². The third-order valence-electron chi connectivity index (χ3n) is 1.87. The van der Waals surface area contributed by atoms with E-state index in [1.54, 1.807) is 0 Å². The number of carbonyl (C=O) groups is 1. The van der Waals surface area contributed by atoms with Crippen LogP contribution in [-0.4, -0.2) is 17.4 Å². The molecule has 5 heteroatoms. The van der Waals surface area contributed by atoms with Crippen molar-refractivity contribution in [2.75, 3.05) is 11.9 Å². The molecule has 82 valence electrons. The Balaban J connectivity index is 2.34. The number of anilines is 1. The topological polar surface area (TPSA) is 68.0 Å². The summed E-state index contributed by atoms with van der Waals surface area (Å²) in [5.41, 5.74) is 5.81. The van der Waals surface area contributed by atoms with Gasteiger partial charge in [0.2, 0.25) is 11.9 Å². The Bertz CT molecular complexity index is 313. The average molecular weight is 211 g/mol. The molecule has 0 aromatic carbocycles. The van der Waals surface area contributed by atoms with Crippen molar-refractivity contribution in [3.63, 3.8) is 0 Å². The fourth-order valence-electron chi connectivity index (χ4n) is 1.10. The van der Waals surface area contributed by atoms with Crippen LogP contribution in [0.25, 0.3) is 0 Å². The highest BCUT2D eigenvalue weighted by Gasteiger charge is 2.02. The lowest BCUT2D eigenvalue weighted by Gasteiger charge is -2.03. The van der Waals surface area contributed by atoms with Crippen molar-refractivity contribution in [1.82, 2.24) is 4.98 Å². The van der Waals surface area contributed by atoms with Crippen LogP contribution >= 0.6 is 0 Å². The second-order valence-corrected chi connectivity index (χ2v) is 3.16. The van der Waals surface area contributed by atoms with Gasteiger partial charge in [-0.15, -0.1) is 0 Å². The normalized spacial score (nSPS) is 10.0. The molecule has 0 saturated heterocycles. The van der Waals surface area contributed by atoms with Crippen molar-refractivity contribution in [2.24, 2.45) is 5.73 Å². The molecule has 0 saturated carbocycles. The zero-order valence-corrected chi connectivity index (χ0v) is 8.37. The van der Waals surface area contributed by atoms with E-state index in [-0.39, 0.29) is 5.91 Å². The smallest absolute Gasteiger partial charge is 0.224 e. The summed E-state index contributed by atoms with van der Waals surface area (Å²) in [5.74, 6) is -0.659. The summed E-state index contributed by atoms with van der Waals surface area (Å²) >= 11 is 0. The van der Waals surface area contributed by atoms with Crippen molar-refractivity contribution in [2.45, 2.75) is 19.3 Å². The number of hydrogen-bond donors (Lipinski definition) is 2. The monoisotopic (exact) mass is 211 g/mol. The predicted molar refractivity (Wildman–Crippen MR) is 55.7 cm³/mol. The van der Waals surface area contributed by atoms with Crippen LogP contribution in [0.1, 0.15) is 19.3 Å². The number of hydrogen-bond acceptors (Lipinski definition) is 3. The van der Waals surface area contributed by atoms with Gasteiger partial charge in [-0.1, -0.05) is 0 Å². The Morgan fingerprint density at radius 3 is 2.87 bits per heavy atom. The van der Waals surface area contributed by atoms with Crippen LogP contribution in [-0.2, 0) is 4.79 Å². The van der Waals surface area contributed by atoms with Crippen LogP contribution < -0.4 is 11.1 Å². The van der Waals surface area contributed by atoms with Crippen LogP contribution in [0.15, 0.2) is 18.3 Å². The Morgan fingerprint density at radius 2 is 2.27 bits per heavy atom. The van der Waals surface area contributed by atoms with Gasteiger partial charge in [0.1, 0.15) is 0 Å². The number of unbranched alkanes of at least 4 members (excludes halogenated alkanes) is 1. The molecule has 0 bridgehead atoms. The minimum atomic E-state index is -0.559. The molecule has 0 fully saturated rings. The minimum Gasteiger partial charge on any atom is -0.330 e. The van der Waals surface area contributed by atoms with E-state index in [2.05, 4.69) is 10.3 Å². The highest BCUT2D eigenvalue weighted by molar-refractivity contribution is 5.90. The number of nitrogens with two attached hydrogens (primary N) is 1. The standard InChI is InChI=1S/C10H14FN3O/c11-9-5-4-8(7-13-9)14-10(15)3-1-2-6-12/h4-5,7H,1-3,6,12H2,(H,14,15). The van der Waals surface area contributed by atoms with Crippen LogP contribution in [0.4, 0.5) is 10.1 Å². The lowest BCUT2D eigenvalue weighted by atomic mass is 10.2. The number of carbonyl (C=O) groups excluding carboxylic acids is 1. The maximum atomic E-state index is 12.4. The Hall–Kier alpha value is -1.49. The molecule has 0 atom stereocenters. The number of nitrogens with one attached hydrogen (secondary N) is 1. The molecule has 1 rings (SSSR count). The Kier molecular flexibility index (Phi) is 4.70. The number of nitrogens with zero attached hydrogens (tertiary/aromatic N) is 1. The third-order valence-corrected chi connectivity index (χ3v) is 1.87. The molecule has 0 aliphatic carbocycles. The van der Waals surface area contributed by atoms with Gasteiger partial charge in [-0.05, 0) is 31.5 Å². The minimum absolute atomic E-state index is 0.100. The molecule has 4 nitrogen and oxygen atoms in total. The van der Waals surface area contributed by atoms with Gasteiger partial charge in [0, 0.05) is 6.42 Å². The lowest BCUT2D eigenvalue weighted by Crippen LogP contribution is -2.12. The summed E-state index contributed by atoms with van der Waals surface area (Å²) < 4.78 is 12.4. The molecule has 1 amide bonds. The maximum Gasteiger partial charge on any atom is 0.224 e. The van der Waals surface area contributed by atoms with E-state index in [4.69, 9.17) is 5.73 Å². The number of halogens is 1. The van der Waals surface area contributed by atoms with E-state index in [1.165, 1.54) is 18.3 Å². The largest absolute Gasteiger partial charge is 0.330 e. The summed E-state index contributed by atoms with van der Waals surface area (Å²) in [6.07, 6.45) is 3.30. The van der Waals surface area contributed by atoms with Gasteiger partial charge in [0.25, 0.3) is 0 Å².